The molecule has 2 nitrogen and oxygen atoms in total. The van der Waals surface area contributed by atoms with Crippen LogP contribution < -0.4 is 5.73 Å². The minimum Gasteiger partial charge on any atom is -0.464 e. The van der Waals surface area contributed by atoms with E-state index in [1.807, 2.05) is 24.3 Å². The van der Waals surface area contributed by atoms with Crippen molar-refractivity contribution in [2.24, 2.45) is 5.73 Å². The molecule has 0 radical (unpaired) electrons. The van der Waals surface area contributed by atoms with Gasteiger partial charge in [-0.1, -0.05) is 12.1 Å². The van der Waals surface area contributed by atoms with E-state index in [1.54, 1.807) is 6.26 Å². The van der Waals surface area contributed by atoms with Gasteiger partial charge in [-0.05, 0) is 17.7 Å². The van der Waals surface area contributed by atoms with Crippen LogP contribution in [0.3, 0.4) is 0 Å². The predicted molar refractivity (Wildman–Crippen MR) is 44.1 cm³/mol. The van der Waals surface area contributed by atoms with Crippen molar-refractivity contribution in [3.63, 3.8) is 0 Å². The van der Waals surface area contributed by atoms with Crippen LogP contribution in [0.4, 0.5) is 0 Å². The SMILES string of the molecule is NCc1ccc2ccoc2c1. The lowest BCUT2D eigenvalue weighted by Crippen LogP contribution is -1.94. The van der Waals surface area contributed by atoms with Crippen molar-refractivity contribution >= 4 is 11.0 Å². The third-order valence-electron chi connectivity index (χ3n) is 1.76. The normalized spacial score (nSPS) is 10.6. The summed E-state index contributed by atoms with van der Waals surface area (Å²) in [6.45, 7) is 0.566. The summed E-state index contributed by atoms with van der Waals surface area (Å²) < 4.78 is 5.20. The average molecular weight is 147 g/mol. The lowest BCUT2D eigenvalue weighted by molar-refractivity contribution is 0.615. The highest BCUT2D eigenvalue weighted by molar-refractivity contribution is 5.77. The fourth-order valence-electron chi connectivity index (χ4n) is 1.13. The minimum absolute atomic E-state index is 0.566. The Morgan fingerprint density at radius 3 is 3.00 bits per heavy atom. The summed E-state index contributed by atoms with van der Waals surface area (Å²) in [4.78, 5) is 0. The molecule has 2 aromatic rings. The maximum absolute atomic E-state index is 5.47. The molecule has 2 heteroatoms. The zero-order valence-corrected chi connectivity index (χ0v) is 6.08. The van der Waals surface area contributed by atoms with E-state index in [0.717, 1.165) is 16.5 Å². The second kappa shape index (κ2) is 2.40. The van der Waals surface area contributed by atoms with Crippen LogP contribution in [0.1, 0.15) is 5.56 Å². The van der Waals surface area contributed by atoms with Crippen LogP contribution in [0.2, 0.25) is 0 Å². The Hall–Kier alpha value is -1.28. The highest BCUT2D eigenvalue weighted by atomic mass is 16.3. The summed E-state index contributed by atoms with van der Waals surface area (Å²) in [5.74, 6) is 0. The Balaban J connectivity index is 2.67. The third kappa shape index (κ3) is 1.01. The molecule has 0 fully saturated rings. The number of furan rings is 1. The van der Waals surface area contributed by atoms with Crippen molar-refractivity contribution < 1.29 is 4.42 Å². The van der Waals surface area contributed by atoms with Crippen molar-refractivity contribution in [3.05, 3.63) is 36.1 Å². The molecule has 1 heterocycles. The van der Waals surface area contributed by atoms with Crippen molar-refractivity contribution in [3.8, 4) is 0 Å². The molecule has 0 amide bonds. The van der Waals surface area contributed by atoms with Crippen molar-refractivity contribution in [1.29, 1.82) is 0 Å². The molecular formula is C9H9NO. The van der Waals surface area contributed by atoms with Crippen LogP contribution in [-0.2, 0) is 6.54 Å². The van der Waals surface area contributed by atoms with Gasteiger partial charge in [0.05, 0.1) is 6.26 Å². The van der Waals surface area contributed by atoms with Crippen LogP contribution in [0, 0.1) is 0 Å². The first kappa shape index (κ1) is 6.43. The molecule has 0 saturated carbocycles. The smallest absolute Gasteiger partial charge is 0.134 e. The molecule has 0 aliphatic heterocycles. The van der Waals surface area contributed by atoms with Gasteiger partial charge in [-0.3, -0.25) is 0 Å². The van der Waals surface area contributed by atoms with Gasteiger partial charge < -0.3 is 10.2 Å². The Morgan fingerprint density at radius 2 is 2.18 bits per heavy atom. The van der Waals surface area contributed by atoms with Crippen LogP contribution in [0.25, 0.3) is 11.0 Å². The number of hydrogen-bond donors (Lipinski definition) is 1. The number of benzene rings is 1. The standard InChI is InChI=1S/C9H9NO/c10-6-7-1-2-8-3-4-11-9(8)5-7/h1-5H,6,10H2. The molecule has 0 bridgehead atoms. The van der Waals surface area contributed by atoms with Gasteiger partial charge in [-0.2, -0.15) is 0 Å². The second-order valence-electron chi connectivity index (χ2n) is 2.50. The molecule has 0 saturated heterocycles. The molecule has 11 heavy (non-hydrogen) atoms. The van der Waals surface area contributed by atoms with E-state index in [9.17, 15) is 0 Å². The second-order valence-corrected chi connectivity index (χ2v) is 2.50. The van der Waals surface area contributed by atoms with Gasteiger partial charge >= 0.3 is 0 Å². The summed E-state index contributed by atoms with van der Waals surface area (Å²) >= 11 is 0. The number of fused-ring (bicyclic) bond motifs is 1. The maximum atomic E-state index is 5.47. The summed E-state index contributed by atoms with van der Waals surface area (Å²) in [6, 6.07) is 7.93. The van der Waals surface area contributed by atoms with E-state index in [0.29, 0.717) is 6.54 Å². The van der Waals surface area contributed by atoms with Gasteiger partial charge in [0.15, 0.2) is 0 Å². The third-order valence-corrected chi connectivity index (χ3v) is 1.76. The molecular weight excluding hydrogens is 138 g/mol. The van der Waals surface area contributed by atoms with Crippen LogP contribution in [0.5, 0.6) is 0 Å². The molecule has 0 atom stereocenters. The number of nitrogens with two attached hydrogens (primary N) is 1. The Labute approximate surface area is 64.6 Å². The monoisotopic (exact) mass is 147 g/mol. The van der Waals surface area contributed by atoms with Crippen molar-refractivity contribution in [2.45, 2.75) is 6.54 Å². The molecule has 1 aromatic carbocycles. The van der Waals surface area contributed by atoms with Crippen molar-refractivity contribution in [2.75, 3.05) is 0 Å². The maximum Gasteiger partial charge on any atom is 0.134 e. The van der Waals surface area contributed by atoms with Gasteiger partial charge in [0.2, 0.25) is 0 Å². The first-order valence-corrected chi connectivity index (χ1v) is 3.56. The first-order valence-electron chi connectivity index (χ1n) is 3.56. The zero-order chi connectivity index (χ0) is 7.68. The minimum atomic E-state index is 0.566. The molecule has 2 N–H and O–H groups in total. The van der Waals surface area contributed by atoms with Gasteiger partial charge in [-0.15, -0.1) is 0 Å². The fourth-order valence-corrected chi connectivity index (χ4v) is 1.13. The Morgan fingerprint density at radius 1 is 1.27 bits per heavy atom. The van der Waals surface area contributed by atoms with Gasteiger partial charge in [0, 0.05) is 11.9 Å². The highest BCUT2D eigenvalue weighted by Gasteiger charge is 1.95. The topological polar surface area (TPSA) is 39.2 Å². The summed E-state index contributed by atoms with van der Waals surface area (Å²) in [5, 5.41) is 1.13. The van der Waals surface area contributed by atoms with Gasteiger partial charge in [0.25, 0.3) is 0 Å². The summed E-state index contributed by atoms with van der Waals surface area (Å²) in [7, 11) is 0. The van der Waals surface area contributed by atoms with Crippen LogP contribution in [0.15, 0.2) is 34.9 Å². The largest absolute Gasteiger partial charge is 0.464 e. The molecule has 0 aliphatic carbocycles. The van der Waals surface area contributed by atoms with Gasteiger partial charge in [0.1, 0.15) is 5.58 Å². The van der Waals surface area contributed by atoms with Crippen LogP contribution in [-0.4, -0.2) is 0 Å². The number of hydrogen-bond acceptors (Lipinski definition) is 2. The van der Waals surface area contributed by atoms with E-state index >= 15 is 0 Å². The fraction of sp³-hybridized carbons (Fsp3) is 0.111. The predicted octanol–water partition coefficient (Wildman–Crippen LogP) is 1.89. The molecule has 1 aromatic heterocycles. The molecule has 56 valence electrons. The molecule has 2 rings (SSSR count). The van der Waals surface area contributed by atoms with E-state index in [-0.39, 0.29) is 0 Å². The lowest BCUT2D eigenvalue weighted by atomic mass is 10.2. The molecule has 0 aliphatic rings. The summed E-state index contributed by atoms with van der Waals surface area (Å²) in [6.07, 6.45) is 1.69. The molecule has 0 unspecified atom stereocenters. The van der Waals surface area contributed by atoms with Crippen LogP contribution >= 0.6 is 0 Å². The van der Waals surface area contributed by atoms with E-state index < -0.39 is 0 Å². The summed E-state index contributed by atoms with van der Waals surface area (Å²) in [5.41, 5.74) is 7.48. The van der Waals surface area contributed by atoms with E-state index in [1.165, 1.54) is 0 Å². The number of rotatable bonds is 1. The first-order chi connectivity index (χ1) is 5.40. The lowest BCUT2D eigenvalue weighted by Gasteiger charge is -1.93. The van der Waals surface area contributed by atoms with Gasteiger partial charge in [-0.25, -0.2) is 0 Å². The molecule has 0 spiro atoms. The van der Waals surface area contributed by atoms with Crippen molar-refractivity contribution in [1.82, 2.24) is 0 Å². The van der Waals surface area contributed by atoms with E-state index in [2.05, 4.69) is 0 Å². The Kier molecular flexibility index (Phi) is 1.40. The highest BCUT2D eigenvalue weighted by Crippen LogP contribution is 2.16. The average Bonchev–Trinajstić information content (AvgIpc) is 2.50. The quantitative estimate of drug-likeness (QED) is 0.669. The Bertz CT molecular complexity index is 364. The van der Waals surface area contributed by atoms with E-state index in [4.69, 9.17) is 10.2 Å². The zero-order valence-electron chi connectivity index (χ0n) is 6.08.